The van der Waals surface area contributed by atoms with Gasteiger partial charge in [0.05, 0.1) is 13.2 Å². The average Bonchev–Trinajstić information content (AvgIpc) is 2.53. The van der Waals surface area contributed by atoms with Gasteiger partial charge in [0.15, 0.2) is 6.10 Å². The van der Waals surface area contributed by atoms with Gasteiger partial charge < -0.3 is 14.7 Å². The van der Waals surface area contributed by atoms with Gasteiger partial charge in [-0.3, -0.25) is 4.79 Å². The number of amides is 1. The first-order valence-corrected chi connectivity index (χ1v) is 8.18. The Morgan fingerprint density at radius 3 is 2.82 bits per heavy atom. The Hall–Kier alpha value is -1.40. The highest BCUT2D eigenvalue weighted by molar-refractivity contribution is 9.10. The van der Waals surface area contributed by atoms with Gasteiger partial charge in [0, 0.05) is 16.9 Å². The second-order valence-corrected chi connectivity index (χ2v) is 6.24. The van der Waals surface area contributed by atoms with Crippen molar-refractivity contribution in [1.29, 1.82) is 0 Å². The van der Waals surface area contributed by atoms with E-state index in [0.29, 0.717) is 13.0 Å². The van der Waals surface area contributed by atoms with Crippen LogP contribution in [0.1, 0.15) is 18.9 Å². The molecule has 0 bridgehead atoms. The molecule has 120 valence electrons. The summed E-state index contributed by atoms with van der Waals surface area (Å²) in [6.45, 7) is 2.83. The number of carboxylic acid groups (broad SMARTS) is 1. The standard InChI is InChI=1S/C16H20BrNO4/c1-2-11(9-12-5-3-4-6-13(12)17)15(19)18-7-8-22-14(10-18)16(20)21/h3-6,11,14H,2,7-10H2,1H3,(H,20,21)/t11-,14-/m0/s1. The molecule has 1 aromatic carbocycles. The van der Waals surface area contributed by atoms with Crippen LogP contribution >= 0.6 is 15.9 Å². The van der Waals surface area contributed by atoms with Crippen LogP contribution in [0.3, 0.4) is 0 Å². The number of carbonyl (C=O) groups excluding carboxylic acids is 1. The van der Waals surface area contributed by atoms with Gasteiger partial charge >= 0.3 is 5.97 Å². The summed E-state index contributed by atoms with van der Waals surface area (Å²) in [6, 6.07) is 7.85. The monoisotopic (exact) mass is 369 g/mol. The van der Waals surface area contributed by atoms with Crippen LogP contribution in [0.5, 0.6) is 0 Å². The maximum absolute atomic E-state index is 12.7. The summed E-state index contributed by atoms with van der Waals surface area (Å²) >= 11 is 3.51. The number of morpholine rings is 1. The normalized spacial score (nSPS) is 19.7. The van der Waals surface area contributed by atoms with Gasteiger partial charge in [-0.15, -0.1) is 0 Å². The van der Waals surface area contributed by atoms with Gasteiger partial charge in [-0.1, -0.05) is 41.1 Å². The largest absolute Gasteiger partial charge is 0.479 e. The molecule has 2 atom stereocenters. The Balaban J connectivity index is 2.05. The van der Waals surface area contributed by atoms with E-state index in [2.05, 4.69) is 15.9 Å². The van der Waals surface area contributed by atoms with E-state index in [1.165, 1.54) is 0 Å². The molecule has 6 heteroatoms. The lowest BCUT2D eigenvalue weighted by Crippen LogP contribution is -2.50. The van der Waals surface area contributed by atoms with E-state index >= 15 is 0 Å². The minimum absolute atomic E-state index is 0.00723. The summed E-state index contributed by atoms with van der Waals surface area (Å²) in [5, 5.41) is 9.04. The second kappa shape index (κ2) is 7.74. The maximum atomic E-state index is 12.7. The molecule has 2 rings (SSSR count). The first kappa shape index (κ1) is 17.0. The Kier molecular flexibility index (Phi) is 5.97. The van der Waals surface area contributed by atoms with Crippen molar-refractivity contribution in [2.75, 3.05) is 19.7 Å². The second-order valence-electron chi connectivity index (χ2n) is 5.38. The topological polar surface area (TPSA) is 66.8 Å². The number of carboxylic acids is 1. The molecule has 1 saturated heterocycles. The summed E-state index contributed by atoms with van der Waals surface area (Å²) in [5.74, 6) is -1.16. The molecule has 1 amide bonds. The predicted molar refractivity (Wildman–Crippen MR) is 85.6 cm³/mol. The predicted octanol–water partition coefficient (Wildman–Crippen LogP) is 2.33. The van der Waals surface area contributed by atoms with Crippen LogP contribution < -0.4 is 0 Å². The maximum Gasteiger partial charge on any atom is 0.334 e. The van der Waals surface area contributed by atoms with Gasteiger partial charge in [-0.2, -0.15) is 0 Å². The number of nitrogens with zero attached hydrogens (tertiary/aromatic N) is 1. The van der Waals surface area contributed by atoms with Gasteiger partial charge in [-0.25, -0.2) is 4.79 Å². The first-order valence-electron chi connectivity index (χ1n) is 7.39. The highest BCUT2D eigenvalue weighted by atomic mass is 79.9. The fourth-order valence-electron chi connectivity index (χ4n) is 2.59. The smallest absolute Gasteiger partial charge is 0.334 e. The number of ether oxygens (including phenoxy) is 1. The number of carbonyl (C=O) groups is 2. The van der Waals surface area contributed by atoms with Gasteiger partial charge in [-0.05, 0) is 24.5 Å². The minimum Gasteiger partial charge on any atom is -0.479 e. The summed E-state index contributed by atoms with van der Waals surface area (Å²) in [6.07, 6.45) is 0.444. The molecule has 1 aromatic rings. The number of hydrogen-bond acceptors (Lipinski definition) is 3. The van der Waals surface area contributed by atoms with Crippen molar-refractivity contribution in [3.8, 4) is 0 Å². The van der Waals surface area contributed by atoms with Crippen LogP contribution in [-0.4, -0.2) is 47.7 Å². The number of rotatable bonds is 5. The number of aliphatic carboxylic acids is 1. The van der Waals surface area contributed by atoms with Crippen molar-refractivity contribution < 1.29 is 19.4 Å². The van der Waals surface area contributed by atoms with Crippen molar-refractivity contribution in [2.45, 2.75) is 25.9 Å². The zero-order valence-electron chi connectivity index (χ0n) is 12.5. The molecule has 1 heterocycles. The van der Waals surface area contributed by atoms with Crippen LogP contribution in [0.15, 0.2) is 28.7 Å². The Morgan fingerprint density at radius 1 is 1.45 bits per heavy atom. The molecule has 0 spiro atoms. The van der Waals surface area contributed by atoms with Crippen molar-refractivity contribution in [2.24, 2.45) is 5.92 Å². The average molecular weight is 370 g/mol. The van der Waals surface area contributed by atoms with E-state index in [9.17, 15) is 9.59 Å². The molecule has 0 aromatic heterocycles. The fraction of sp³-hybridized carbons (Fsp3) is 0.500. The molecule has 1 aliphatic rings. The highest BCUT2D eigenvalue weighted by Crippen LogP contribution is 2.23. The van der Waals surface area contributed by atoms with Crippen LogP contribution in [0.25, 0.3) is 0 Å². The molecular weight excluding hydrogens is 350 g/mol. The Bertz CT molecular complexity index is 549. The lowest BCUT2D eigenvalue weighted by molar-refractivity contribution is -0.160. The van der Waals surface area contributed by atoms with E-state index in [-0.39, 0.29) is 25.0 Å². The lowest BCUT2D eigenvalue weighted by Gasteiger charge is -2.33. The molecule has 1 aliphatic heterocycles. The molecule has 0 unspecified atom stereocenters. The third-order valence-corrected chi connectivity index (χ3v) is 4.69. The SMILES string of the molecule is CC[C@@H](Cc1ccccc1Br)C(=O)N1CCO[C@H](C(=O)O)C1. The van der Waals surface area contributed by atoms with Gasteiger partial charge in [0.1, 0.15) is 0 Å². The molecule has 1 N–H and O–H groups in total. The van der Waals surface area contributed by atoms with Crippen LogP contribution in [0, 0.1) is 5.92 Å². The van der Waals surface area contributed by atoms with Crippen molar-refractivity contribution in [1.82, 2.24) is 4.90 Å². The van der Waals surface area contributed by atoms with Crippen LogP contribution in [-0.2, 0) is 20.7 Å². The molecule has 1 fully saturated rings. The lowest BCUT2D eigenvalue weighted by atomic mass is 9.95. The van der Waals surface area contributed by atoms with E-state index in [4.69, 9.17) is 9.84 Å². The van der Waals surface area contributed by atoms with E-state index in [1.54, 1.807) is 4.90 Å². The van der Waals surface area contributed by atoms with Crippen molar-refractivity contribution in [3.05, 3.63) is 34.3 Å². The summed E-state index contributed by atoms with van der Waals surface area (Å²) in [7, 11) is 0. The van der Waals surface area contributed by atoms with E-state index in [0.717, 1.165) is 16.5 Å². The van der Waals surface area contributed by atoms with E-state index in [1.807, 2.05) is 31.2 Å². The quantitative estimate of drug-likeness (QED) is 0.864. The first-order chi connectivity index (χ1) is 10.5. The zero-order chi connectivity index (χ0) is 16.1. The number of benzene rings is 1. The molecule has 0 aliphatic carbocycles. The van der Waals surface area contributed by atoms with Gasteiger partial charge in [0.2, 0.25) is 5.91 Å². The third-order valence-electron chi connectivity index (χ3n) is 3.92. The zero-order valence-corrected chi connectivity index (χ0v) is 14.1. The summed E-state index contributed by atoms with van der Waals surface area (Å²) in [4.78, 5) is 25.3. The minimum atomic E-state index is -1.02. The van der Waals surface area contributed by atoms with Crippen LogP contribution in [0.2, 0.25) is 0 Å². The molecular formula is C16H20BrNO4. The van der Waals surface area contributed by atoms with Crippen LogP contribution in [0.4, 0.5) is 0 Å². The Morgan fingerprint density at radius 2 is 2.18 bits per heavy atom. The highest BCUT2D eigenvalue weighted by Gasteiger charge is 2.31. The number of hydrogen-bond donors (Lipinski definition) is 1. The number of halogens is 1. The van der Waals surface area contributed by atoms with Crippen molar-refractivity contribution in [3.63, 3.8) is 0 Å². The summed E-state index contributed by atoms with van der Waals surface area (Å²) in [5.41, 5.74) is 1.09. The Labute approximate surface area is 138 Å². The fourth-order valence-corrected chi connectivity index (χ4v) is 3.04. The van der Waals surface area contributed by atoms with Crippen molar-refractivity contribution >= 4 is 27.8 Å². The molecule has 5 nitrogen and oxygen atoms in total. The molecule has 0 saturated carbocycles. The van der Waals surface area contributed by atoms with Gasteiger partial charge in [0.25, 0.3) is 0 Å². The summed E-state index contributed by atoms with van der Waals surface area (Å²) < 4.78 is 6.16. The molecule has 0 radical (unpaired) electrons. The molecule has 22 heavy (non-hydrogen) atoms. The third kappa shape index (κ3) is 4.08. The van der Waals surface area contributed by atoms with E-state index < -0.39 is 12.1 Å².